The van der Waals surface area contributed by atoms with Crippen LogP contribution in [0.4, 0.5) is 5.69 Å². The average molecular weight is 394 g/mol. The van der Waals surface area contributed by atoms with Gasteiger partial charge in [0, 0.05) is 39.3 Å². The monoisotopic (exact) mass is 393 g/mol. The number of nitrogens with zero attached hydrogens (tertiary/aromatic N) is 3. The zero-order valence-corrected chi connectivity index (χ0v) is 17.5. The van der Waals surface area contributed by atoms with Gasteiger partial charge in [-0.2, -0.15) is 0 Å². The Morgan fingerprint density at radius 2 is 1.66 bits per heavy atom. The Kier molecular flexibility index (Phi) is 6.05. The molecule has 2 aromatic rings. The summed E-state index contributed by atoms with van der Waals surface area (Å²) in [5.74, 6) is 1.20. The lowest BCUT2D eigenvalue weighted by Gasteiger charge is -2.40. The number of hydrogen-bond donors (Lipinski definition) is 0. The second kappa shape index (κ2) is 8.87. The summed E-state index contributed by atoms with van der Waals surface area (Å²) in [5, 5.41) is 0. The molecule has 2 aliphatic rings. The molecule has 0 saturated carbocycles. The minimum Gasteiger partial charge on any atom is -0.492 e. The lowest BCUT2D eigenvalue weighted by atomic mass is 9.99. The SMILES string of the molecule is CCOc1ccccc1N1CCN([C@H](C)C(=O)N2CCc3ccccc3C2)CC1. The van der Waals surface area contributed by atoms with E-state index in [-0.39, 0.29) is 11.9 Å². The van der Waals surface area contributed by atoms with Crippen molar-refractivity contribution in [1.82, 2.24) is 9.80 Å². The van der Waals surface area contributed by atoms with Crippen LogP contribution in [0, 0.1) is 0 Å². The molecule has 1 fully saturated rings. The molecule has 2 aromatic carbocycles. The van der Waals surface area contributed by atoms with E-state index in [9.17, 15) is 4.79 Å². The first-order valence-corrected chi connectivity index (χ1v) is 10.7. The fourth-order valence-corrected chi connectivity index (χ4v) is 4.45. The van der Waals surface area contributed by atoms with Crippen LogP contribution in [-0.4, -0.2) is 61.1 Å². The molecule has 154 valence electrons. The van der Waals surface area contributed by atoms with E-state index in [1.54, 1.807) is 0 Å². The fraction of sp³-hybridized carbons (Fsp3) is 0.458. The van der Waals surface area contributed by atoms with Crippen molar-refractivity contribution in [3.05, 3.63) is 59.7 Å². The molecule has 0 spiro atoms. The van der Waals surface area contributed by atoms with Crippen molar-refractivity contribution in [2.75, 3.05) is 44.2 Å². The number of amides is 1. The predicted molar refractivity (Wildman–Crippen MR) is 116 cm³/mol. The standard InChI is InChI=1S/C24H31N3O2/c1-3-29-23-11-7-6-10-22(23)26-16-14-25(15-17-26)19(2)24(28)27-13-12-20-8-4-5-9-21(20)18-27/h4-11,19H,3,12-18H2,1-2H3/t19-/m1/s1. The number of rotatable bonds is 5. The molecule has 0 unspecified atom stereocenters. The Labute approximate surface area is 173 Å². The summed E-state index contributed by atoms with van der Waals surface area (Å²) >= 11 is 0. The molecule has 0 aliphatic carbocycles. The van der Waals surface area contributed by atoms with E-state index >= 15 is 0 Å². The smallest absolute Gasteiger partial charge is 0.239 e. The Hall–Kier alpha value is -2.53. The number of benzene rings is 2. The molecule has 29 heavy (non-hydrogen) atoms. The van der Waals surface area contributed by atoms with Crippen molar-refractivity contribution < 1.29 is 9.53 Å². The largest absolute Gasteiger partial charge is 0.492 e. The van der Waals surface area contributed by atoms with Gasteiger partial charge >= 0.3 is 0 Å². The Morgan fingerprint density at radius 3 is 2.41 bits per heavy atom. The van der Waals surface area contributed by atoms with Gasteiger partial charge in [-0.05, 0) is 43.5 Å². The van der Waals surface area contributed by atoms with Gasteiger partial charge < -0.3 is 14.5 Å². The summed E-state index contributed by atoms with van der Waals surface area (Å²) in [6.45, 7) is 9.89. The van der Waals surface area contributed by atoms with Gasteiger partial charge in [-0.25, -0.2) is 0 Å². The van der Waals surface area contributed by atoms with Crippen molar-refractivity contribution in [2.24, 2.45) is 0 Å². The first-order chi connectivity index (χ1) is 14.2. The van der Waals surface area contributed by atoms with Crippen LogP contribution in [0.1, 0.15) is 25.0 Å². The molecule has 0 aromatic heterocycles. The van der Waals surface area contributed by atoms with Gasteiger partial charge in [0.1, 0.15) is 5.75 Å². The zero-order chi connectivity index (χ0) is 20.2. The first-order valence-electron chi connectivity index (χ1n) is 10.7. The van der Waals surface area contributed by atoms with E-state index in [1.807, 2.05) is 24.0 Å². The highest BCUT2D eigenvalue weighted by Crippen LogP contribution is 2.29. The van der Waals surface area contributed by atoms with E-state index in [1.165, 1.54) is 11.1 Å². The number of piperazine rings is 1. The molecule has 2 heterocycles. The van der Waals surface area contributed by atoms with Crippen LogP contribution in [0.5, 0.6) is 5.75 Å². The lowest BCUT2D eigenvalue weighted by molar-refractivity contribution is -0.137. The topological polar surface area (TPSA) is 36.0 Å². The number of anilines is 1. The van der Waals surface area contributed by atoms with Crippen LogP contribution in [0.2, 0.25) is 0 Å². The maximum Gasteiger partial charge on any atom is 0.239 e. The van der Waals surface area contributed by atoms with E-state index in [4.69, 9.17) is 4.74 Å². The van der Waals surface area contributed by atoms with Crippen LogP contribution in [0.3, 0.4) is 0 Å². The molecule has 0 N–H and O–H groups in total. The summed E-state index contributed by atoms with van der Waals surface area (Å²) in [5.41, 5.74) is 3.82. The fourth-order valence-electron chi connectivity index (χ4n) is 4.45. The molecule has 4 rings (SSSR count). The van der Waals surface area contributed by atoms with Crippen molar-refractivity contribution in [2.45, 2.75) is 32.9 Å². The number of carbonyl (C=O) groups excluding carboxylic acids is 1. The van der Waals surface area contributed by atoms with Crippen molar-refractivity contribution in [1.29, 1.82) is 0 Å². The van der Waals surface area contributed by atoms with Crippen molar-refractivity contribution in [3.8, 4) is 5.75 Å². The molecule has 1 amide bonds. The summed E-state index contributed by atoms with van der Waals surface area (Å²) in [6.07, 6.45) is 0.955. The molecular formula is C24H31N3O2. The Bertz CT molecular complexity index is 846. The number of fused-ring (bicyclic) bond motifs is 1. The predicted octanol–water partition coefficient (Wildman–Crippen LogP) is 3.18. The van der Waals surface area contributed by atoms with Crippen LogP contribution in [-0.2, 0) is 17.8 Å². The number of carbonyl (C=O) groups is 1. The summed E-state index contributed by atoms with van der Waals surface area (Å²) in [4.78, 5) is 19.9. The Balaban J connectivity index is 1.36. The lowest BCUT2D eigenvalue weighted by Crippen LogP contribution is -2.55. The molecule has 0 radical (unpaired) electrons. The second-order valence-electron chi connectivity index (χ2n) is 7.88. The number of ether oxygens (including phenoxy) is 1. The third-order valence-corrected chi connectivity index (χ3v) is 6.17. The van der Waals surface area contributed by atoms with Crippen LogP contribution in [0.25, 0.3) is 0 Å². The second-order valence-corrected chi connectivity index (χ2v) is 7.88. The molecule has 1 saturated heterocycles. The third kappa shape index (κ3) is 4.25. The van der Waals surface area contributed by atoms with Crippen molar-refractivity contribution in [3.63, 3.8) is 0 Å². The first kappa shape index (κ1) is 19.8. The quantitative estimate of drug-likeness (QED) is 0.782. The summed E-state index contributed by atoms with van der Waals surface area (Å²) in [7, 11) is 0. The van der Waals surface area contributed by atoms with Crippen LogP contribution < -0.4 is 9.64 Å². The summed E-state index contributed by atoms with van der Waals surface area (Å²) in [6, 6.07) is 16.6. The molecule has 0 bridgehead atoms. The van der Waals surface area contributed by atoms with Gasteiger partial charge in [0.25, 0.3) is 0 Å². The Morgan fingerprint density at radius 1 is 0.966 bits per heavy atom. The molecule has 2 aliphatic heterocycles. The van der Waals surface area contributed by atoms with Gasteiger partial charge in [-0.1, -0.05) is 36.4 Å². The molecule has 1 atom stereocenters. The minimum atomic E-state index is -0.0791. The third-order valence-electron chi connectivity index (χ3n) is 6.17. The van der Waals surface area contributed by atoms with Gasteiger partial charge in [-0.3, -0.25) is 9.69 Å². The number of para-hydroxylation sites is 2. The van der Waals surface area contributed by atoms with Crippen LogP contribution in [0.15, 0.2) is 48.5 Å². The highest BCUT2D eigenvalue weighted by atomic mass is 16.5. The normalized spacial score (nSPS) is 18.3. The van der Waals surface area contributed by atoms with E-state index in [2.05, 4.69) is 53.1 Å². The van der Waals surface area contributed by atoms with Crippen LogP contribution >= 0.6 is 0 Å². The van der Waals surface area contributed by atoms with Gasteiger partial charge in [-0.15, -0.1) is 0 Å². The minimum absolute atomic E-state index is 0.0791. The zero-order valence-electron chi connectivity index (χ0n) is 17.5. The molecular weight excluding hydrogens is 362 g/mol. The highest BCUT2D eigenvalue weighted by molar-refractivity contribution is 5.81. The molecule has 5 heteroatoms. The summed E-state index contributed by atoms with van der Waals surface area (Å²) < 4.78 is 5.79. The average Bonchev–Trinajstić information content (AvgIpc) is 2.78. The maximum absolute atomic E-state index is 13.1. The number of hydrogen-bond acceptors (Lipinski definition) is 4. The van der Waals surface area contributed by atoms with Gasteiger partial charge in [0.2, 0.25) is 5.91 Å². The highest BCUT2D eigenvalue weighted by Gasteiger charge is 2.30. The van der Waals surface area contributed by atoms with Crippen molar-refractivity contribution >= 4 is 11.6 Å². The van der Waals surface area contributed by atoms with Gasteiger partial charge in [0.05, 0.1) is 18.3 Å². The van der Waals surface area contributed by atoms with Gasteiger partial charge in [0.15, 0.2) is 0 Å². The maximum atomic E-state index is 13.1. The molecule has 5 nitrogen and oxygen atoms in total. The van der Waals surface area contributed by atoms with E-state index in [0.29, 0.717) is 6.61 Å². The van der Waals surface area contributed by atoms with E-state index < -0.39 is 0 Å². The van der Waals surface area contributed by atoms with E-state index in [0.717, 1.165) is 57.1 Å².